The van der Waals surface area contributed by atoms with E-state index in [2.05, 4.69) is 4.98 Å². The van der Waals surface area contributed by atoms with Gasteiger partial charge in [0.05, 0.1) is 0 Å². The van der Waals surface area contributed by atoms with Crippen LogP contribution in [0.5, 0.6) is 11.5 Å². The summed E-state index contributed by atoms with van der Waals surface area (Å²) in [5.74, 6) is 1.03. The number of rotatable bonds is 2. The van der Waals surface area contributed by atoms with Crippen LogP contribution in [0.3, 0.4) is 0 Å². The fourth-order valence-electron chi connectivity index (χ4n) is 3.30. The molecule has 1 atom stereocenters. The second-order valence-electron chi connectivity index (χ2n) is 6.65. The van der Waals surface area contributed by atoms with Gasteiger partial charge in [-0.15, -0.1) is 0 Å². The molecule has 2 aliphatic rings. The Hall–Kier alpha value is -3.09. The number of nitrogens with zero attached hydrogens (tertiary/aromatic N) is 3. The summed E-state index contributed by atoms with van der Waals surface area (Å²) in [6, 6.07) is 12.7. The van der Waals surface area contributed by atoms with Gasteiger partial charge in [-0.1, -0.05) is 18.2 Å². The van der Waals surface area contributed by atoms with Gasteiger partial charge in [-0.2, -0.15) is 0 Å². The minimum atomic E-state index is -0.652. The predicted molar refractivity (Wildman–Crippen MR) is 97.8 cm³/mol. The fraction of sp³-hybridized carbons (Fsp3) is 0.350. The van der Waals surface area contributed by atoms with Crippen LogP contribution in [0.4, 0.5) is 0 Å². The Morgan fingerprint density at radius 1 is 0.963 bits per heavy atom. The van der Waals surface area contributed by atoms with E-state index in [0.717, 1.165) is 5.69 Å². The zero-order chi connectivity index (χ0) is 18.8. The van der Waals surface area contributed by atoms with Gasteiger partial charge in [0, 0.05) is 31.9 Å². The van der Waals surface area contributed by atoms with Gasteiger partial charge in [-0.05, 0) is 31.2 Å². The van der Waals surface area contributed by atoms with Crippen LogP contribution in [-0.4, -0.2) is 65.5 Å². The van der Waals surface area contributed by atoms with Crippen molar-refractivity contribution in [3.8, 4) is 11.5 Å². The van der Waals surface area contributed by atoms with Gasteiger partial charge in [-0.3, -0.25) is 9.59 Å². The van der Waals surface area contributed by atoms with Crippen LogP contribution in [0.1, 0.15) is 16.2 Å². The van der Waals surface area contributed by atoms with Gasteiger partial charge in [0.2, 0.25) is 6.10 Å². The zero-order valence-corrected chi connectivity index (χ0v) is 15.1. The van der Waals surface area contributed by atoms with E-state index >= 15 is 0 Å². The van der Waals surface area contributed by atoms with Crippen molar-refractivity contribution >= 4 is 11.8 Å². The number of aryl methyl sites for hydroxylation is 1. The van der Waals surface area contributed by atoms with Gasteiger partial charge >= 0.3 is 0 Å². The Labute approximate surface area is 157 Å². The molecule has 2 amide bonds. The highest BCUT2D eigenvalue weighted by atomic mass is 16.6. The molecule has 0 N–H and O–H groups in total. The Morgan fingerprint density at radius 3 is 2.41 bits per heavy atom. The standard InChI is InChI=1S/C20H21N3O4/c1-14-5-4-6-15(21-14)19(24)22-9-11-23(12-10-22)20(25)18-13-26-16-7-2-3-8-17(16)27-18/h2-8,18H,9-13H2,1H3. The summed E-state index contributed by atoms with van der Waals surface area (Å²) in [5, 5.41) is 0. The van der Waals surface area contributed by atoms with Crippen LogP contribution in [-0.2, 0) is 4.79 Å². The molecular formula is C20H21N3O4. The molecule has 1 aromatic carbocycles. The first kappa shape index (κ1) is 17.3. The maximum atomic E-state index is 12.8. The molecule has 0 bridgehead atoms. The summed E-state index contributed by atoms with van der Waals surface area (Å²) in [6.07, 6.45) is -0.652. The summed E-state index contributed by atoms with van der Waals surface area (Å²) >= 11 is 0. The molecule has 1 unspecified atom stereocenters. The summed E-state index contributed by atoms with van der Waals surface area (Å²) in [5.41, 5.74) is 1.25. The minimum absolute atomic E-state index is 0.100. The van der Waals surface area contributed by atoms with E-state index in [-0.39, 0.29) is 18.4 Å². The second kappa shape index (κ2) is 7.26. The lowest BCUT2D eigenvalue weighted by Crippen LogP contribution is -2.55. The smallest absolute Gasteiger partial charge is 0.272 e. The lowest BCUT2D eigenvalue weighted by molar-refractivity contribution is -0.142. The SMILES string of the molecule is Cc1cccc(C(=O)N2CCN(C(=O)C3COc4ccccc4O3)CC2)n1. The molecule has 1 aromatic heterocycles. The van der Waals surface area contributed by atoms with E-state index in [9.17, 15) is 9.59 Å². The van der Waals surface area contributed by atoms with Crippen molar-refractivity contribution in [2.24, 2.45) is 0 Å². The van der Waals surface area contributed by atoms with Gasteiger partial charge in [0.1, 0.15) is 12.3 Å². The lowest BCUT2D eigenvalue weighted by Gasteiger charge is -2.37. The summed E-state index contributed by atoms with van der Waals surface area (Å²) < 4.78 is 11.4. The number of para-hydroxylation sites is 2. The highest BCUT2D eigenvalue weighted by molar-refractivity contribution is 5.92. The average Bonchev–Trinajstić information content (AvgIpc) is 2.72. The first-order valence-corrected chi connectivity index (χ1v) is 9.02. The number of carbonyl (C=O) groups is 2. The fourth-order valence-corrected chi connectivity index (χ4v) is 3.30. The predicted octanol–water partition coefficient (Wildman–Crippen LogP) is 1.51. The van der Waals surface area contributed by atoms with E-state index < -0.39 is 6.10 Å². The number of amides is 2. The van der Waals surface area contributed by atoms with Crippen LogP contribution in [0.25, 0.3) is 0 Å². The monoisotopic (exact) mass is 367 g/mol. The maximum absolute atomic E-state index is 12.8. The summed E-state index contributed by atoms with van der Waals surface area (Å²) in [6.45, 7) is 3.95. The van der Waals surface area contributed by atoms with E-state index in [4.69, 9.17) is 9.47 Å². The highest BCUT2D eigenvalue weighted by Gasteiger charge is 2.33. The third-order valence-electron chi connectivity index (χ3n) is 4.77. The molecule has 2 aromatic rings. The lowest BCUT2D eigenvalue weighted by atomic mass is 10.2. The molecule has 7 heteroatoms. The number of pyridine rings is 1. The van der Waals surface area contributed by atoms with Crippen molar-refractivity contribution in [2.75, 3.05) is 32.8 Å². The second-order valence-corrected chi connectivity index (χ2v) is 6.65. The molecule has 4 rings (SSSR count). The number of carbonyl (C=O) groups excluding carboxylic acids is 2. The maximum Gasteiger partial charge on any atom is 0.272 e. The van der Waals surface area contributed by atoms with Crippen molar-refractivity contribution in [3.63, 3.8) is 0 Å². The van der Waals surface area contributed by atoms with E-state index in [1.807, 2.05) is 37.3 Å². The Kier molecular flexibility index (Phi) is 4.66. The molecule has 27 heavy (non-hydrogen) atoms. The number of hydrogen-bond acceptors (Lipinski definition) is 5. The molecule has 2 aliphatic heterocycles. The first-order valence-electron chi connectivity index (χ1n) is 9.02. The number of hydrogen-bond donors (Lipinski definition) is 0. The Bertz CT molecular complexity index is 862. The normalized spacial score (nSPS) is 18.9. The van der Waals surface area contributed by atoms with Gasteiger partial charge in [0.15, 0.2) is 11.5 Å². The third kappa shape index (κ3) is 3.58. The van der Waals surface area contributed by atoms with Crippen molar-refractivity contribution in [2.45, 2.75) is 13.0 Å². The molecule has 140 valence electrons. The number of benzene rings is 1. The number of aromatic nitrogens is 1. The molecule has 3 heterocycles. The van der Waals surface area contributed by atoms with Crippen molar-refractivity contribution in [3.05, 3.63) is 53.9 Å². The Balaban J connectivity index is 1.35. The average molecular weight is 367 g/mol. The van der Waals surface area contributed by atoms with Crippen LogP contribution in [0, 0.1) is 6.92 Å². The van der Waals surface area contributed by atoms with E-state index in [1.54, 1.807) is 21.9 Å². The highest BCUT2D eigenvalue weighted by Crippen LogP contribution is 2.31. The van der Waals surface area contributed by atoms with Crippen molar-refractivity contribution < 1.29 is 19.1 Å². The largest absolute Gasteiger partial charge is 0.485 e. The van der Waals surface area contributed by atoms with Gasteiger partial charge < -0.3 is 19.3 Å². The third-order valence-corrected chi connectivity index (χ3v) is 4.77. The van der Waals surface area contributed by atoms with E-state index in [1.165, 1.54) is 0 Å². The van der Waals surface area contributed by atoms with Gasteiger partial charge in [0.25, 0.3) is 11.8 Å². The number of ether oxygens (including phenoxy) is 2. The Morgan fingerprint density at radius 2 is 1.67 bits per heavy atom. The van der Waals surface area contributed by atoms with Crippen molar-refractivity contribution in [1.29, 1.82) is 0 Å². The van der Waals surface area contributed by atoms with Crippen molar-refractivity contribution in [1.82, 2.24) is 14.8 Å². The molecule has 7 nitrogen and oxygen atoms in total. The molecule has 0 spiro atoms. The molecule has 1 saturated heterocycles. The minimum Gasteiger partial charge on any atom is -0.485 e. The van der Waals surface area contributed by atoms with Crippen LogP contribution in [0.2, 0.25) is 0 Å². The molecular weight excluding hydrogens is 346 g/mol. The topological polar surface area (TPSA) is 72.0 Å². The summed E-state index contributed by atoms with van der Waals surface area (Å²) in [7, 11) is 0. The van der Waals surface area contributed by atoms with Crippen LogP contribution < -0.4 is 9.47 Å². The number of piperazine rings is 1. The number of fused-ring (bicyclic) bond motifs is 1. The molecule has 0 aliphatic carbocycles. The van der Waals surface area contributed by atoms with Crippen LogP contribution >= 0.6 is 0 Å². The molecule has 1 fully saturated rings. The first-order chi connectivity index (χ1) is 13.1. The quantitative estimate of drug-likeness (QED) is 0.805. The molecule has 0 radical (unpaired) electrons. The zero-order valence-electron chi connectivity index (χ0n) is 15.1. The molecule has 0 saturated carbocycles. The van der Waals surface area contributed by atoms with Crippen LogP contribution in [0.15, 0.2) is 42.5 Å². The van der Waals surface area contributed by atoms with E-state index in [0.29, 0.717) is 43.4 Å². The summed E-state index contributed by atoms with van der Waals surface area (Å²) in [4.78, 5) is 33.1. The van der Waals surface area contributed by atoms with Gasteiger partial charge in [-0.25, -0.2) is 4.98 Å².